The zero-order chi connectivity index (χ0) is 13.7. The van der Waals surface area contributed by atoms with Crippen molar-refractivity contribution in [3.8, 4) is 5.88 Å². The molecule has 5 nitrogen and oxygen atoms in total. The van der Waals surface area contributed by atoms with Gasteiger partial charge < -0.3 is 14.6 Å². The first-order valence-corrected chi connectivity index (χ1v) is 7.05. The van der Waals surface area contributed by atoms with Crippen LogP contribution in [0, 0.1) is 11.8 Å². The van der Waals surface area contributed by atoms with Crippen LogP contribution in [-0.4, -0.2) is 29.2 Å². The molecule has 2 rings (SSSR count). The molecule has 0 aliphatic carbocycles. The van der Waals surface area contributed by atoms with Gasteiger partial charge in [0, 0.05) is 18.9 Å². The van der Waals surface area contributed by atoms with Crippen LogP contribution in [0.4, 0.5) is 0 Å². The Morgan fingerprint density at radius 1 is 1.58 bits per heavy atom. The molecule has 0 spiro atoms. The van der Waals surface area contributed by atoms with Gasteiger partial charge in [-0.3, -0.25) is 4.79 Å². The highest BCUT2D eigenvalue weighted by molar-refractivity contribution is 5.04. The predicted molar refractivity (Wildman–Crippen MR) is 74.4 cm³/mol. The Morgan fingerprint density at radius 2 is 2.42 bits per heavy atom. The quantitative estimate of drug-likeness (QED) is 0.842. The van der Waals surface area contributed by atoms with Crippen molar-refractivity contribution in [3.63, 3.8) is 0 Å². The Bertz CT molecular complexity index is 450. The van der Waals surface area contributed by atoms with Crippen molar-refractivity contribution in [2.24, 2.45) is 11.8 Å². The lowest BCUT2D eigenvalue weighted by Crippen LogP contribution is -2.25. The Hall–Kier alpha value is -1.36. The minimum absolute atomic E-state index is 0.124. The lowest BCUT2D eigenvalue weighted by atomic mass is 10.1. The van der Waals surface area contributed by atoms with Crippen molar-refractivity contribution >= 4 is 0 Å². The maximum Gasteiger partial charge on any atom is 0.313 e. The topological polar surface area (TPSA) is 56.1 Å². The van der Waals surface area contributed by atoms with E-state index < -0.39 is 0 Å². The highest BCUT2D eigenvalue weighted by Crippen LogP contribution is 2.12. The van der Waals surface area contributed by atoms with Gasteiger partial charge in [-0.2, -0.15) is 0 Å². The van der Waals surface area contributed by atoms with Crippen LogP contribution in [0.25, 0.3) is 0 Å². The maximum absolute atomic E-state index is 12.1. The molecular weight excluding hydrogens is 242 g/mol. The van der Waals surface area contributed by atoms with E-state index in [0.717, 1.165) is 19.5 Å². The molecule has 19 heavy (non-hydrogen) atoms. The fraction of sp³-hybridized carbons (Fsp3) is 0.714. The summed E-state index contributed by atoms with van der Waals surface area (Å²) in [6.07, 6.45) is 5.53. The Morgan fingerprint density at radius 3 is 3.11 bits per heavy atom. The summed E-state index contributed by atoms with van der Waals surface area (Å²) in [4.78, 5) is 16.1. The summed E-state index contributed by atoms with van der Waals surface area (Å²) in [5.74, 6) is 1.33. The zero-order valence-corrected chi connectivity index (χ0v) is 11.8. The number of ether oxygens (including phenoxy) is 1. The van der Waals surface area contributed by atoms with Gasteiger partial charge in [-0.05, 0) is 37.8 Å². The fourth-order valence-electron chi connectivity index (χ4n) is 2.35. The first kappa shape index (κ1) is 14.1. The molecule has 1 aromatic rings. The second-order valence-electron chi connectivity index (χ2n) is 5.58. The molecule has 1 aliphatic heterocycles. The molecule has 0 radical (unpaired) electrons. The van der Waals surface area contributed by atoms with Crippen LogP contribution in [-0.2, 0) is 6.54 Å². The second kappa shape index (κ2) is 6.70. The lowest BCUT2D eigenvalue weighted by molar-refractivity contribution is 0.267. The van der Waals surface area contributed by atoms with Crippen molar-refractivity contribution in [1.82, 2.24) is 14.9 Å². The molecule has 106 valence electrons. The summed E-state index contributed by atoms with van der Waals surface area (Å²) >= 11 is 0. The van der Waals surface area contributed by atoms with E-state index in [1.165, 1.54) is 6.42 Å². The average Bonchev–Trinajstić information content (AvgIpc) is 2.86. The smallest absolute Gasteiger partial charge is 0.313 e. The van der Waals surface area contributed by atoms with Crippen molar-refractivity contribution in [2.75, 3.05) is 19.7 Å². The molecule has 0 saturated carbocycles. The summed E-state index contributed by atoms with van der Waals surface area (Å²) in [5, 5.41) is 3.33. The third kappa shape index (κ3) is 4.06. The van der Waals surface area contributed by atoms with Gasteiger partial charge in [-0.25, -0.2) is 4.98 Å². The Kier molecular flexibility index (Phi) is 4.96. The van der Waals surface area contributed by atoms with E-state index in [9.17, 15) is 4.79 Å². The zero-order valence-electron chi connectivity index (χ0n) is 11.8. The van der Waals surface area contributed by atoms with Gasteiger partial charge in [-0.1, -0.05) is 13.8 Å². The van der Waals surface area contributed by atoms with Crippen LogP contribution in [0.15, 0.2) is 17.2 Å². The van der Waals surface area contributed by atoms with Crippen LogP contribution < -0.4 is 15.6 Å². The van der Waals surface area contributed by atoms with Crippen LogP contribution in [0.1, 0.15) is 26.7 Å². The third-order valence-electron chi connectivity index (χ3n) is 3.37. The highest BCUT2D eigenvalue weighted by atomic mass is 16.5. The Balaban J connectivity index is 1.90. The van der Waals surface area contributed by atoms with Crippen molar-refractivity contribution in [1.29, 1.82) is 0 Å². The molecule has 0 aromatic carbocycles. The summed E-state index contributed by atoms with van der Waals surface area (Å²) in [6.45, 7) is 7.59. The molecule has 1 atom stereocenters. The standard InChI is InChI=1S/C14H23N3O2/c1-11(2)10-17-7-6-16-13(14(17)18)19-8-4-12-3-5-15-9-12/h6-7,11-12,15H,3-5,8-10H2,1-2H3. The van der Waals surface area contributed by atoms with Gasteiger partial charge in [0.25, 0.3) is 5.88 Å². The average molecular weight is 265 g/mol. The molecule has 1 fully saturated rings. The number of hydrogen-bond acceptors (Lipinski definition) is 4. The monoisotopic (exact) mass is 265 g/mol. The van der Waals surface area contributed by atoms with E-state index in [2.05, 4.69) is 24.1 Å². The predicted octanol–water partition coefficient (Wildman–Crippen LogP) is 1.28. The molecule has 1 saturated heterocycles. The van der Waals surface area contributed by atoms with Gasteiger partial charge >= 0.3 is 5.56 Å². The molecule has 1 aliphatic rings. The molecule has 1 unspecified atom stereocenters. The van der Waals surface area contributed by atoms with Gasteiger partial charge in [-0.15, -0.1) is 0 Å². The largest absolute Gasteiger partial charge is 0.474 e. The van der Waals surface area contributed by atoms with Crippen LogP contribution in [0.3, 0.4) is 0 Å². The number of nitrogens with zero attached hydrogens (tertiary/aromatic N) is 2. The summed E-state index contributed by atoms with van der Waals surface area (Å²) in [5.41, 5.74) is -0.124. The minimum Gasteiger partial charge on any atom is -0.474 e. The summed E-state index contributed by atoms with van der Waals surface area (Å²) in [6, 6.07) is 0. The van der Waals surface area contributed by atoms with Gasteiger partial charge in [0.2, 0.25) is 0 Å². The maximum atomic E-state index is 12.1. The van der Waals surface area contributed by atoms with Crippen LogP contribution >= 0.6 is 0 Å². The third-order valence-corrected chi connectivity index (χ3v) is 3.37. The van der Waals surface area contributed by atoms with Gasteiger partial charge in [0.15, 0.2) is 0 Å². The van der Waals surface area contributed by atoms with Crippen LogP contribution in [0.2, 0.25) is 0 Å². The van der Waals surface area contributed by atoms with Crippen LogP contribution in [0.5, 0.6) is 5.88 Å². The normalized spacial score (nSPS) is 19.0. The number of aromatic nitrogens is 2. The number of nitrogens with one attached hydrogen (secondary N) is 1. The minimum atomic E-state index is -0.124. The second-order valence-corrected chi connectivity index (χ2v) is 5.58. The molecule has 0 amide bonds. The molecular formula is C14H23N3O2. The first-order valence-electron chi connectivity index (χ1n) is 7.05. The SMILES string of the molecule is CC(C)Cn1ccnc(OCCC2CCNC2)c1=O. The molecule has 5 heteroatoms. The lowest BCUT2D eigenvalue weighted by Gasteiger charge is -2.11. The molecule has 1 N–H and O–H groups in total. The van der Waals surface area contributed by atoms with Crippen molar-refractivity contribution in [2.45, 2.75) is 33.2 Å². The number of rotatable bonds is 6. The van der Waals surface area contributed by atoms with Gasteiger partial charge in [0.05, 0.1) is 6.61 Å². The fourth-order valence-corrected chi connectivity index (χ4v) is 2.35. The van der Waals surface area contributed by atoms with E-state index in [1.807, 2.05) is 0 Å². The van der Waals surface area contributed by atoms with E-state index in [1.54, 1.807) is 17.0 Å². The summed E-state index contributed by atoms with van der Waals surface area (Å²) < 4.78 is 7.22. The van der Waals surface area contributed by atoms with E-state index in [-0.39, 0.29) is 11.4 Å². The number of hydrogen-bond donors (Lipinski definition) is 1. The molecule has 2 heterocycles. The molecule has 0 bridgehead atoms. The van der Waals surface area contributed by atoms with Crippen molar-refractivity contribution in [3.05, 3.63) is 22.7 Å². The van der Waals surface area contributed by atoms with E-state index >= 15 is 0 Å². The first-order chi connectivity index (χ1) is 9.16. The van der Waals surface area contributed by atoms with E-state index in [4.69, 9.17) is 4.74 Å². The summed E-state index contributed by atoms with van der Waals surface area (Å²) in [7, 11) is 0. The van der Waals surface area contributed by atoms with Gasteiger partial charge in [0.1, 0.15) is 0 Å². The van der Waals surface area contributed by atoms with E-state index in [0.29, 0.717) is 25.0 Å². The van der Waals surface area contributed by atoms with Crippen molar-refractivity contribution < 1.29 is 4.74 Å². The Labute approximate surface area is 114 Å². The highest BCUT2D eigenvalue weighted by Gasteiger charge is 2.15. The molecule has 1 aromatic heterocycles.